The van der Waals surface area contributed by atoms with Gasteiger partial charge in [-0.2, -0.15) is 0 Å². The fourth-order valence-electron chi connectivity index (χ4n) is 5.26. The second kappa shape index (κ2) is 17.1. The summed E-state index contributed by atoms with van der Waals surface area (Å²) in [5.74, 6) is -0.444. The van der Waals surface area contributed by atoms with Gasteiger partial charge in [-0.1, -0.05) is 89.2 Å². The van der Waals surface area contributed by atoms with Crippen molar-refractivity contribution in [2.75, 3.05) is 13.2 Å². The average Bonchev–Trinajstić information content (AvgIpc) is 3.05. The lowest BCUT2D eigenvalue weighted by molar-refractivity contribution is -0.131. The molecule has 0 radical (unpaired) electrons. The molecule has 0 saturated heterocycles. The van der Waals surface area contributed by atoms with Crippen LogP contribution in [0.25, 0.3) is 22.3 Å². The van der Waals surface area contributed by atoms with E-state index in [1.54, 1.807) is 26.0 Å². The van der Waals surface area contributed by atoms with Crippen molar-refractivity contribution in [2.45, 2.75) is 86.0 Å². The van der Waals surface area contributed by atoms with Gasteiger partial charge in [0, 0.05) is 22.1 Å². The normalized spacial score (nSPS) is 11.3. The molecule has 6 heteroatoms. The number of aryl methyl sites for hydroxylation is 3. The number of hydrogen-bond donors (Lipinski definition) is 2. The average molecular weight is 627 g/mol. The smallest absolute Gasteiger partial charge is 0.338 e. The van der Waals surface area contributed by atoms with E-state index in [9.17, 15) is 19.8 Å². The minimum absolute atomic E-state index is 0.153. The first kappa shape index (κ1) is 36.5. The molecule has 0 heterocycles. The second-order valence-corrected chi connectivity index (χ2v) is 12.7. The summed E-state index contributed by atoms with van der Waals surface area (Å²) in [4.78, 5) is 25.5. The topological polar surface area (TPSA) is 93.1 Å². The third kappa shape index (κ3) is 9.75. The largest absolute Gasteiger partial charge is 0.423 e. The van der Waals surface area contributed by atoms with E-state index in [2.05, 4.69) is 63.4 Å². The molecular formula is C40H50O6. The fourth-order valence-corrected chi connectivity index (χ4v) is 5.26. The SMILES string of the molecule is C=C(C)C(=O)Oc1cc(-c2ccc(-c3ccc(CCCCC)cc3)c(CC)c2)c(OC(=O)C(=C)C)cc1CCCC(C)(CO)CO. The first-order chi connectivity index (χ1) is 21.9. The van der Waals surface area contributed by atoms with Crippen LogP contribution in [0.2, 0.25) is 0 Å². The Hall–Kier alpha value is -4.00. The van der Waals surface area contributed by atoms with Gasteiger partial charge in [-0.3, -0.25) is 0 Å². The highest BCUT2D eigenvalue weighted by Crippen LogP contribution is 2.40. The molecule has 46 heavy (non-hydrogen) atoms. The Bertz CT molecular complexity index is 1530. The zero-order chi connectivity index (χ0) is 33.9. The Balaban J connectivity index is 2.09. The summed E-state index contributed by atoms with van der Waals surface area (Å²) in [7, 11) is 0. The summed E-state index contributed by atoms with van der Waals surface area (Å²) < 4.78 is 11.7. The van der Waals surface area contributed by atoms with Crippen LogP contribution in [0.3, 0.4) is 0 Å². The molecule has 3 aromatic rings. The first-order valence-corrected chi connectivity index (χ1v) is 16.3. The van der Waals surface area contributed by atoms with Crippen molar-refractivity contribution in [3.8, 4) is 33.8 Å². The fraction of sp³-hybridized carbons (Fsp3) is 0.400. The van der Waals surface area contributed by atoms with Crippen LogP contribution in [0.5, 0.6) is 11.5 Å². The quantitative estimate of drug-likeness (QED) is 0.0675. The van der Waals surface area contributed by atoms with Gasteiger partial charge in [0.15, 0.2) is 0 Å². The Labute approximate surface area is 274 Å². The molecule has 0 aliphatic rings. The molecule has 2 N–H and O–H groups in total. The maximum absolute atomic E-state index is 12.8. The van der Waals surface area contributed by atoms with Crippen molar-refractivity contribution >= 4 is 11.9 Å². The number of carbonyl (C=O) groups is 2. The van der Waals surface area contributed by atoms with Crippen LogP contribution in [-0.2, 0) is 28.9 Å². The van der Waals surface area contributed by atoms with E-state index in [1.807, 2.05) is 13.0 Å². The third-order valence-electron chi connectivity index (χ3n) is 8.39. The molecule has 0 aliphatic heterocycles. The van der Waals surface area contributed by atoms with Crippen molar-refractivity contribution in [2.24, 2.45) is 5.41 Å². The van der Waals surface area contributed by atoms with Crippen LogP contribution in [0.15, 0.2) is 78.9 Å². The molecular weight excluding hydrogens is 576 g/mol. The van der Waals surface area contributed by atoms with E-state index in [4.69, 9.17) is 9.47 Å². The number of aliphatic hydroxyl groups excluding tert-OH is 2. The van der Waals surface area contributed by atoms with Crippen LogP contribution in [0.1, 0.15) is 83.4 Å². The molecule has 0 spiro atoms. The first-order valence-electron chi connectivity index (χ1n) is 16.3. The highest BCUT2D eigenvalue weighted by molar-refractivity contribution is 5.92. The molecule has 0 bridgehead atoms. The molecule has 0 aliphatic carbocycles. The number of hydrogen-bond acceptors (Lipinski definition) is 6. The minimum atomic E-state index is -0.641. The number of ether oxygens (including phenoxy) is 2. The standard InChI is InChI=1S/C40H50O6/c1-8-10-11-13-29-15-17-31(18-16-29)34-20-19-32(22-30(34)9-2)35-24-36(45-38(43)27(3)4)33(14-12-21-40(7,25-41)26-42)23-37(35)46-39(44)28(5)6/h15-20,22-24,41-42H,3,5,8-14,21,25-26H2,1-2,4,6-7H3. The van der Waals surface area contributed by atoms with Crippen LogP contribution >= 0.6 is 0 Å². The van der Waals surface area contributed by atoms with E-state index in [0.717, 1.165) is 35.1 Å². The van der Waals surface area contributed by atoms with E-state index in [0.29, 0.717) is 41.9 Å². The number of aliphatic hydroxyl groups is 2. The molecule has 3 rings (SSSR count). The molecule has 246 valence electrons. The van der Waals surface area contributed by atoms with Crippen molar-refractivity contribution < 1.29 is 29.3 Å². The highest BCUT2D eigenvalue weighted by Gasteiger charge is 2.24. The Morgan fingerprint density at radius 2 is 1.33 bits per heavy atom. The molecule has 0 amide bonds. The maximum Gasteiger partial charge on any atom is 0.338 e. The summed E-state index contributed by atoms with van der Waals surface area (Å²) in [5.41, 5.74) is 6.69. The van der Waals surface area contributed by atoms with Gasteiger partial charge in [-0.15, -0.1) is 0 Å². The maximum atomic E-state index is 12.8. The summed E-state index contributed by atoms with van der Waals surface area (Å²) in [5, 5.41) is 19.5. The predicted molar refractivity (Wildman–Crippen MR) is 186 cm³/mol. The summed E-state index contributed by atoms with van der Waals surface area (Å²) in [6, 6.07) is 18.4. The summed E-state index contributed by atoms with van der Waals surface area (Å²) in [6.45, 7) is 16.5. The number of esters is 2. The van der Waals surface area contributed by atoms with Crippen LogP contribution < -0.4 is 9.47 Å². The molecule has 0 atom stereocenters. The van der Waals surface area contributed by atoms with Gasteiger partial charge in [-0.25, -0.2) is 9.59 Å². The van der Waals surface area contributed by atoms with Crippen molar-refractivity contribution in [1.29, 1.82) is 0 Å². The van der Waals surface area contributed by atoms with Crippen LogP contribution in [0.4, 0.5) is 0 Å². The highest BCUT2D eigenvalue weighted by atomic mass is 16.5. The number of benzene rings is 3. The lowest BCUT2D eigenvalue weighted by Gasteiger charge is -2.24. The number of carbonyl (C=O) groups excluding carboxylic acids is 2. The lowest BCUT2D eigenvalue weighted by Crippen LogP contribution is -2.26. The lowest BCUT2D eigenvalue weighted by atomic mass is 9.86. The van der Waals surface area contributed by atoms with E-state index in [-0.39, 0.29) is 24.4 Å². The van der Waals surface area contributed by atoms with Gasteiger partial charge in [0.2, 0.25) is 0 Å². The van der Waals surface area contributed by atoms with Gasteiger partial charge >= 0.3 is 11.9 Å². The van der Waals surface area contributed by atoms with Crippen molar-refractivity contribution in [3.05, 3.63) is 95.6 Å². The number of unbranched alkanes of at least 4 members (excludes halogenated alkanes) is 2. The molecule has 0 aromatic heterocycles. The molecule has 0 fully saturated rings. The Kier molecular flexibility index (Phi) is 13.5. The van der Waals surface area contributed by atoms with E-state index in [1.165, 1.54) is 24.8 Å². The minimum Gasteiger partial charge on any atom is -0.423 e. The molecule has 6 nitrogen and oxygen atoms in total. The van der Waals surface area contributed by atoms with Gasteiger partial charge in [0.1, 0.15) is 11.5 Å². The van der Waals surface area contributed by atoms with Gasteiger partial charge in [0.25, 0.3) is 0 Å². The second-order valence-electron chi connectivity index (χ2n) is 12.7. The van der Waals surface area contributed by atoms with Crippen molar-refractivity contribution in [1.82, 2.24) is 0 Å². The number of rotatable bonds is 17. The van der Waals surface area contributed by atoms with E-state index >= 15 is 0 Å². The Morgan fingerprint density at radius 1 is 0.717 bits per heavy atom. The molecule has 3 aromatic carbocycles. The van der Waals surface area contributed by atoms with Gasteiger partial charge in [-0.05, 0) is 97.9 Å². The molecule has 0 saturated carbocycles. The Morgan fingerprint density at radius 3 is 1.89 bits per heavy atom. The predicted octanol–water partition coefficient (Wildman–Crippen LogP) is 8.59. The molecule has 0 unspecified atom stereocenters. The zero-order valence-corrected chi connectivity index (χ0v) is 28.2. The zero-order valence-electron chi connectivity index (χ0n) is 28.2. The van der Waals surface area contributed by atoms with E-state index < -0.39 is 17.4 Å². The van der Waals surface area contributed by atoms with Crippen LogP contribution in [0, 0.1) is 5.41 Å². The van der Waals surface area contributed by atoms with Crippen molar-refractivity contribution in [3.63, 3.8) is 0 Å². The van der Waals surface area contributed by atoms with Gasteiger partial charge in [0.05, 0.1) is 13.2 Å². The van der Waals surface area contributed by atoms with Gasteiger partial charge < -0.3 is 19.7 Å². The summed E-state index contributed by atoms with van der Waals surface area (Å²) in [6.07, 6.45) is 7.08. The monoisotopic (exact) mass is 626 g/mol. The summed E-state index contributed by atoms with van der Waals surface area (Å²) >= 11 is 0. The van der Waals surface area contributed by atoms with Crippen LogP contribution in [-0.4, -0.2) is 35.4 Å². The third-order valence-corrected chi connectivity index (χ3v) is 8.39.